The number of aromatic nitrogens is 1. The lowest BCUT2D eigenvalue weighted by atomic mass is 10.1. The van der Waals surface area contributed by atoms with Crippen LogP contribution in [0.1, 0.15) is 12.5 Å². The van der Waals surface area contributed by atoms with Crippen molar-refractivity contribution < 1.29 is 4.79 Å². The van der Waals surface area contributed by atoms with Crippen LogP contribution in [0.5, 0.6) is 0 Å². The lowest BCUT2D eigenvalue weighted by Gasteiger charge is -2.05. The van der Waals surface area contributed by atoms with Gasteiger partial charge in [0.25, 0.3) is 11.5 Å². The molecule has 108 valence electrons. The molecule has 0 saturated heterocycles. The van der Waals surface area contributed by atoms with Crippen molar-refractivity contribution in [3.8, 4) is 0 Å². The van der Waals surface area contributed by atoms with E-state index >= 15 is 0 Å². The Kier molecular flexibility index (Phi) is 4.50. The summed E-state index contributed by atoms with van der Waals surface area (Å²) >= 11 is 0. The van der Waals surface area contributed by atoms with Gasteiger partial charge in [0.1, 0.15) is 6.54 Å². The van der Waals surface area contributed by atoms with Gasteiger partial charge in [0, 0.05) is 18.0 Å². The molecule has 6 heteroatoms. The third kappa shape index (κ3) is 4.04. The molecule has 3 N–H and O–H groups in total. The van der Waals surface area contributed by atoms with Crippen LogP contribution in [0.15, 0.2) is 58.6 Å². The number of nitrogens with one attached hydrogen (secondary N) is 1. The van der Waals surface area contributed by atoms with Crippen LogP contribution in [0, 0.1) is 0 Å². The van der Waals surface area contributed by atoms with E-state index in [2.05, 4.69) is 10.5 Å². The number of carbonyl (C=O) groups is 1. The first-order valence-corrected chi connectivity index (χ1v) is 6.41. The van der Waals surface area contributed by atoms with Crippen LogP contribution < -0.4 is 16.7 Å². The molecule has 0 aliphatic heterocycles. The second-order valence-corrected chi connectivity index (χ2v) is 4.52. The van der Waals surface area contributed by atoms with E-state index in [0.717, 1.165) is 5.56 Å². The molecule has 1 amide bonds. The van der Waals surface area contributed by atoms with Gasteiger partial charge in [0.15, 0.2) is 0 Å². The molecule has 6 nitrogen and oxygen atoms in total. The van der Waals surface area contributed by atoms with Gasteiger partial charge in [0.05, 0.1) is 5.71 Å². The maximum atomic E-state index is 11.8. The number of nitrogens with two attached hydrogens (primary N) is 1. The largest absolute Gasteiger partial charge is 0.399 e. The highest BCUT2D eigenvalue weighted by atomic mass is 16.2. The van der Waals surface area contributed by atoms with Gasteiger partial charge in [-0.05, 0) is 30.7 Å². The second-order valence-electron chi connectivity index (χ2n) is 4.52. The summed E-state index contributed by atoms with van der Waals surface area (Å²) in [6.07, 6.45) is 1.55. The standard InChI is InChI=1S/C15H16N4O2/c1-11(12-5-4-6-13(16)9-12)17-18-14(20)10-19-8-3-2-7-15(19)21/h2-9H,10,16H2,1H3,(H,18,20)/b17-11-. The van der Waals surface area contributed by atoms with Gasteiger partial charge in [-0.1, -0.05) is 18.2 Å². The van der Waals surface area contributed by atoms with Crippen molar-refractivity contribution in [3.63, 3.8) is 0 Å². The fourth-order valence-electron chi connectivity index (χ4n) is 1.76. The summed E-state index contributed by atoms with van der Waals surface area (Å²) in [5.41, 5.74) is 9.97. The molecule has 0 unspecified atom stereocenters. The Balaban J connectivity index is 2.02. The van der Waals surface area contributed by atoms with Gasteiger partial charge >= 0.3 is 0 Å². The SMILES string of the molecule is C/C(=N/NC(=O)Cn1ccccc1=O)c1cccc(N)c1. The lowest BCUT2D eigenvalue weighted by molar-refractivity contribution is -0.121. The molecule has 0 spiro atoms. The number of anilines is 1. The number of benzene rings is 1. The van der Waals surface area contributed by atoms with Gasteiger partial charge in [0.2, 0.25) is 0 Å². The highest BCUT2D eigenvalue weighted by molar-refractivity contribution is 5.99. The van der Waals surface area contributed by atoms with E-state index in [1.54, 1.807) is 37.4 Å². The first-order valence-electron chi connectivity index (χ1n) is 6.41. The van der Waals surface area contributed by atoms with Gasteiger partial charge in [-0.2, -0.15) is 5.10 Å². The van der Waals surface area contributed by atoms with Crippen LogP contribution in [-0.4, -0.2) is 16.2 Å². The number of hydrogen-bond donors (Lipinski definition) is 2. The van der Waals surface area contributed by atoms with E-state index in [0.29, 0.717) is 11.4 Å². The molecule has 0 fully saturated rings. The van der Waals surface area contributed by atoms with Crippen molar-refractivity contribution in [1.82, 2.24) is 9.99 Å². The normalized spacial score (nSPS) is 11.2. The minimum absolute atomic E-state index is 0.0760. The number of amides is 1. The van der Waals surface area contributed by atoms with Crippen LogP contribution in [0.4, 0.5) is 5.69 Å². The average molecular weight is 284 g/mol. The molecular formula is C15H16N4O2. The van der Waals surface area contributed by atoms with Gasteiger partial charge in [-0.3, -0.25) is 9.59 Å². The third-order valence-electron chi connectivity index (χ3n) is 2.87. The molecular weight excluding hydrogens is 268 g/mol. The maximum absolute atomic E-state index is 11.8. The number of hydrogen-bond acceptors (Lipinski definition) is 4. The molecule has 1 aromatic carbocycles. The van der Waals surface area contributed by atoms with E-state index < -0.39 is 0 Å². The summed E-state index contributed by atoms with van der Waals surface area (Å²) in [5, 5.41) is 4.01. The average Bonchev–Trinajstić information content (AvgIpc) is 2.47. The summed E-state index contributed by atoms with van der Waals surface area (Å²) in [4.78, 5) is 23.2. The lowest BCUT2D eigenvalue weighted by Crippen LogP contribution is -2.29. The molecule has 0 aliphatic carbocycles. The molecule has 0 aliphatic rings. The summed E-state index contributed by atoms with van der Waals surface area (Å²) in [6, 6.07) is 11.9. The number of hydrazone groups is 1. The summed E-state index contributed by atoms with van der Waals surface area (Å²) in [6.45, 7) is 1.69. The van der Waals surface area contributed by atoms with E-state index in [1.165, 1.54) is 10.6 Å². The molecule has 1 aromatic heterocycles. The van der Waals surface area contributed by atoms with Gasteiger partial charge in [-0.25, -0.2) is 5.43 Å². The molecule has 2 aromatic rings. The zero-order valence-electron chi connectivity index (χ0n) is 11.6. The van der Waals surface area contributed by atoms with Crippen LogP contribution >= 0.6 is 0 Å². The summed E-state index contributed by atoms with van der Waals surface area (Å²) in [7, 11) is 0. The second kappa shape index (κ2) is 6.51. The van der Waals surface area contributed by atoms with E-state index in [9.17, 15) is 9.59 Å². The zero-order chi connectivity index (χ0) is 15.2. The highest BCUT2D eigenvalue weighted by Gasteiger charge is 2.03. The van der Waals surface area contributed by atoms with Crippen molar-refractivity contribution in [1.29, 1.82) is 0 Å². The molecule has 2 rings (SSSR count). The molecule has 21 heavy (non-hydrogen) atoms. The Labute approximate surface area is 121 Å². The molecule has 0 atom stereocenters. The first kappa shape index (κ1) is 14.5. The summed E-state index contributed by atoms with van der Waals surface area (Å²) < 4.78 is 1.31. The zero-order valence-corrected chi connectivity index (χ0v) is 11.6. The minimum atomic E-state index is -0.369. The fraction of sp³-hybridized carbons (Fsp3) is 0.133. The van der Waals surface area contributed by atoms with Crippen LogP contribution in [0.2, 0.25) is 0 Å². The van der Waals surface area contributed by atoms with E-state index in [4.69, 9.17) is 5.73 Å². The molecule has 0 bridgehead atoms. The van der Waals surface area contributed by atoms with Crippen molar-refractivity contribution in [2.24, 2.45) is 5.10 Å². The predicted molar refractivity (Wildman–Crippen MR) is 81.9 cm³/mol. The maximum Gasteiger partial charge on any atom is 0.260 e. The van der Waals surface area contributed by atoms with Crippen LogP contribution in [-0.2, 0) is 11.3 Å². The fourth-order valence-corrected chi connectivity index (χ4v) is 1.76. The number of rotatable bonds is 4. The van der Waals surface area contributed by atoms with E-state index in [-0.39, 0.29) is 18.0 Å². The van der Waals surface area contributed by atoms with Crippen molar-refractivity contribution >= 4 is 17.3 Å². The quantitative estimate of drug-likeness (QED) is 0.498. The van der Waals surface area contributed by atoms with Gasteiger partial charge < -0.3 is 10.3 Å². The Morgan fingerprint density at radius 2 is 2.10 bits per heavy atom. The molecule has 0 radical (unpaired) electrons. The van der Waals surface area contributed by atoms with E-state index in [1.807, 2.05) is 12.1 Å². The topological polar surface area (TPSA) is 89.5 Å². The Morgan fingerprint density at radius 1 is 1.29 bits per heavy atom. The predicted octanol–water partition coefficient (Wildman–Crippen LogP) is 0.971. The van der Waals surface area contributed by atoms with Crippen LogP contribution in [0.25, 0.3) is 0 Å². The molecule has 1 heterocycles. The summed E-state index contributed by atoms with van der Waals surface area (Å²) in [5.74, 6) is -0.369. The number of pyridine rings is 1. The number of carbonyl (C=O) groups excluding carboxylic acids is 1. The first-order chi connectivity index (χ1) is 10.1. The minimum Gasteiger partial charge on any atom is -0.399 e. The van der Waals surface area contributed by atoms with Crippen molar-refractivity contribution in [2.75, 3.05) is 5.73 Å². The number of nitrogens with zero attached hydrogens (tertiary/aromatic N) is 2. The Morgan fingerprint density at radius 3 is 2.81 bits per heavy atom. The van der Waals surface area contributed by atoms with Crippen LogP contribution in [0.3, 0.4) is 0 Å². The third-order valence-corrected chi connectivity index (χ3v) is 2.87. The number of nitrogen functional groups attached to an aromatic ring is 1. The monoisotopic (exact) mass is 284 g/mol. The molecule has 0 saturated carbocycles. The Bertz CT molecular complexity index is 734. The van der Waals surface area contributed by atoms with Gasteiger partial charge in [-0.15, -0.1) is 0 Å². The van der Waals surface area contributed by atoms with Crippen molar-refractivity contribution in [3.05, 3.63) is 64.6 Å². The Hall–Kier alpha value is -2.89. The smallest absolute Gasteiger partial charge is 0.260 e. The highest BCUT2D eigenvalue weighted by Crippen LogP contribution is 2.07. The van der Waals surface area contributed by atoms with Crippen molar-refractivity contribution in [2.45, 2.75) is 13.5 Å².